The minimum atomic E-state index is -0.594. The topological polar surface area (TPSA) is 35.5 Å². The lowest BCUT2D eigenvalue weighted by molar-refractivity contribution is -0.358. The van der Waals surface area contributed by atoms with Gasteiger partial charge in [0, 0.05) is 11.1 Å². The van der Waals surface area contributed by atoms with Crippen LogP contribution in [0.2, 0.25) is 0 Å². The van der Waals surface area contributed by atoms with Gasteiger partial charge in [-0.25, -0.2) is 9.78 Å². The average molecular weight is 565 g/mol. The first-order valence-electron chi connectivity index (χ1n) is 16.7. The van der Waals surface area contributed by atoms with Gasteiger partial charge in [0.1, 0.15) is 5.60 Å². The maximum absolute atomic E-state index is 14.1. The maximum Gasteiger partial charge on any atom is 0.193 e. The zero-order valence-electron chi connectivity index (χ0n) is 27.8. The van der Waals surface area contributed by atoms with E-state index in [2.05, 4.69) is 77.9 Å². The van der Waals surface area contributed by atoms with E-state index in [0.29, 0.717) is 6.61 Å². The first-order chi connectivity index (χ1) is 19.6. The summed E-state index contributed by atoms with van der Waals surface area (Å²) in [6.07, 6.45) is 16.2. The molecule has 0 bridgehead atoms. The molecular weight excluding hydrogens is 504 g/mol. The fraction of sp³-hybridized carbons (Fsp3) is 0.658. The molecule has 0 amide bonds. The summed E-state index contributed by atoms with van der Waals surface area (Å²) >= 11 is 0. The molecule has 0 radical (unpaired) electrons. The summed E-state index contributed by atoms with van der Waals surface area (Å²) in [7, 11) is 0. The Bertz CT molecular complexity index is 1000. The van der Waals surface area contributed by atoms with Crippen molar-refractivity contribution in [3.63, 3.8) is 0 Å². The van der Waals surface area contributed by atoms with Gasteiger partial charge in [0.15, 0.2) is 5.78 Å². The van der Waals surface area contributed by atoms with Crippen LogP contribution < -0.4 is 0 Å². The SMILES string of the molecule is CCCCCCCCCC(C)(C)c1ccc(C(=O)c2c(CCC)cc(C(C)(C)OOCCCC)cc2CCC)cc1. The van der Waals surface area contributed by atoms with Crippen molar-refractivity contribution < 1.29 is 14.6 Å². The van der Waals surface area contributed by atoms with Crippen LogP contribution in [0.5, 0.6) is 0 Å². The molecule has 0 fully saturated rings. The molecule has 2 rings (SSSR count). The van der Waals surface area contributed by atoms with Crippen LogP contribution in [0.4, 0.5) is 0 Å². The third kappa shape index (κ3) is 11.0. The van der Waals surface area contributed by atoms with Crippen LogP contribution in [0.1, 0.15) is 171 Å². The van der Waals surface area contributed by atoms with Crippen molar-refractivity contribution in [3.8, 4) is 0 Å². The van der Waals surface area contributed by atoms with Crippen molar-refractivity contribution in [1.29, 1.82) is 0 Å². The number of carbonyl (C=O) groups is 1. The molecule has 3 nitrogen and oxygen atoms in total. The lowest BCUT2D eigenvalue weighted by Crippen LogP contribution is -2.24. The van der Waals surface area contributed by atoms with Crippen molar-refractivity contribution in [3.05, 3.63) is 69.8 Å². The van der Waals surface area contributed by atoms with Gasteiger partial charge in [-0.3, -0.25) is 4.79 Å². The normalized spacial score (nSPS) is 12.2. The molecule has 3 heteroatoms. The molecule has 0 aromatic heterocycles. The number of hydrogen-bond acceptors (Lipinski definition) is 3. The fourth-order valence-corrected chi connectivity index (χ4v) is 5.67. The quantitative estimate of drug-likeness (QED) is 0.0654. The number of aryl methyl sites for hydroxylation is 2. The van der Waals surface area contributed by atoms with Gasteiger partial charge >= 0.3 is 0 Å². The van der Waals surface area contributed by atoms with E-state index < -0.39 is 5.60 Å². The summed E-state index contributed by atoms with van der Waals surface area (Å²) < 4.78 is 0. The molecule has 0 spiro atoms. The van der Waals surface area contributed by atoms with Gasteiger partial charge in [0.2, 0.25) is 0 Å². The number of benzene rings is 2. The molecule has 0 N–H and O–H groups in total. The second-order valence-electron chi connectivity index (χ2n) is 13.1. The van der Waals surface area contributed by atoms with E-state index in [1.807, 2.05) is 13.8 Å². The third-order valence-electron chi connectivity index (χ3n) is 8.45. The van der Waals surface area contributed by atoms with Crippen LogP contribution in [0, 0.1) is 0 Å². The van der Waals surface area contributed by atoms with Crippen LogP contribution in [0.3, 0.4) is 0 Å². The van der Waals surface area contributed by atoms with E-state index >= 15 is 0 Å². The highest BCUT2D eigenvalue weighted by molar-refractivity contribution is 6.11. The minimum absolute atomic E-state index is 0.109. The Morgan fingerprint density at radius 1 is 0.659 bits per heavy atom. The largest absolute Gasteiger partial charge is 0.289 e. The standard InChI is InChI=1S/C38H60O3/c1-9-13-15-16-17-18-19-26-37(5,6)33-24-22-30(23-25-33)36(39)35-31(20-11-3)28-34(29-32(35)21-12-4)38(7,8)41-40-27-14-10-2/h22-25,28-29H,9-21,26-27H2,1-8H3. The fourth-order valence-electron chi connectivity index (χ4n) is 5.67. The summed E-state index contributed by atoms with van der Waals surface area (Å²) in [5.74, 6) is 0.137. The lowest BCUT2D eigenvalue weighted by atomic mass is 9.79. The third-order valence-corrected chi connectivity index (χ3v) is 8.45. The van der Waals surface area contributed by atoms with E-state index in [9.17, 15) is 4.79 Å². The molecule has 230 valence electrons. The Kier molecular flexibility index (Phi) is 15.3. The van der Waals surface area contributed by atoms with Crippen molar-refractivity contribution in [2.45, 2.75) is 156 Å². The van der Waals surface area contributed by atoms with Gasteiger partial charge in [-0.2, -0.15) is 0 Å². The Labute approximate surface area is 252 Å². The first kappa shape index (κ1) is 35.2. The predicted molar refractivity (Wildman–Crippen MR) is 175 cm³/mol. The van der Waals surface area contributed by atoms with E-state index in [1.165, 1.54) is 56.9 Å². The molecule has 0 saturated carbocycles. The van der Waals surface area contributed by atoms with Crippen LogP contribution >= 0.6 is 0 Å². The van der Waals surface area contributed by atoms with E-state index in [0.717, 1.165) is 66.3 Å². The summed E-state index contributed by atoms with van der Waals surface area (Å²) in [5.41, 5.74) is 5.80. The molecule has 0 aliphatic rings. The summed E-state index contributed by atoms with van der Waals surface area (Å²) in [4.78, 5) is 25.5. The van der Waals surface area contributed by atoms with Gasteiger partial charge in [-0.15, -0.1) is 0 Å². The Morgan fingerprint density at radius 3 is 1.73 bits per heavy atom. The molecule has 0 aliphatic heterocycles. The van der Waals surface area contributed by atoms with E-state index in [-0.39, 0.29) is 11.2 Å². The maximum atomic E-state index is 14.1. The van der Waals surface area contributed by atoms with Gasteiger partial charge in [-0.1, -0.05) is 142 Å². The number of carbonyl (C=O) groups excluding carboxylic acids is 1. The predicted octanol–water partition coefficient (Wildman–Crippen LogP) is 11.2. The smallest absolute Gasteiger partial charge is 0.193 e. The molecule has 0 unspecified atom stereocenters. The summed E-state index contributed by atoms with van der Waals surface area (Å²) in [6, 6.07) is 12.8. The molecule has 0 atom stereocenters. The molecule has 0 aliphatic carbocycles. The number of unbranched alkanes of at least 4 members (excludes halogenated alkanes) is 7. The molecule has 2 aromatic rings. The van der Waals surface area contributed by atoms with Crippen LogP contribution in [0.15, 0.2) is 36.4 Å². The highest BCUT2D eigenvalue weighted by Crippen LogP contribution is 2.33. The van der Waals surface area contributed by atoms with Gasteiger partial charge in [0.25, 0.3) is 0 Å². The average Bonchev–Trinajstić information content (AvgIpc) is 2.95. The van der Waals surface area contributed by atoms with E-state index in [4.69, 9.17) is 9.78 Å². The van der Waals surface area contributed by atoms with Crippen molar-refractivity contribution in [2.75, 3.05) is 6.61 Å². The summed E-state index contributed by atoms with van der Waals surface area (Å²) in [6.45, 7) is 18.1. The zero-order valence-corrected chi connectivity index (χ0v) is 27.8. The van der Waals surface area contributed by atoms with E-state index in [1.54, 1.807) is 0 Å². The molecular formula is C38H60O3. The zero-order chi connectivity index (χ0) is 30.3. The molecule has 2 aromatic carbocycles. The highest BCUT2D eigenvalue weighted by Gasteiger charge is 2.28. The van der Waals surface area contributed by atoms with Gasteiger partial charge in [-0.05, 0) is 67.2 Å². The second-order valence-corrected chi connectivity index (χ2v) is 13.1. The number of hydrogen-bond donors (Lipinski definition) is 0. The Balaban J connectivity index is 2.25. The Hall–Kier alpha value is -1.97. The number of rotatable bonds is 21. The lowest BCUT2D eigenvalue weighted by Gasteiger charge is -2.27. The van der Waals surface area contributed by atoms with Crippen LogP contribution in [-0.4, -0.2) is 12.4 Å². The molecule has 0 saturated heterocycles. The second kappa shape index (κ2) is 17.9. The monoisotopic (exact) mass is 564 g/mol. The van der Waals surface area contributed by atoms with Gasteiger partial charge < -0.3 is 0 Å². The molecule has 41 heavy (non-hydrogen) atoms. The first-order valence-corrected chi connectivity index (χ1v) is 16.7. The van der Waals surface area contributed by atoms with Gasteiger partial charge in [0.05, 0.1) is 6.61 Å². The van der Waals surface area contributed by atoms with Crippen molar-refractivity contribution in [2.24, 2.45) is 0 Å². The van der Waals surface area contributed by atoms with Crippen molar-refractivity contribution in [1.82, 2.24) is 0 Å². The summed E-state index contributed by atoms with van der Waals surface area (Å²) in [5, 5.41) is 0. The Morgan fingerprint density at radius 2 is 1.20 bits per heavy atom. The number of ketones is 1. The minimum Gasteiger partial charge on any atom is -0.289 e. The van der Waals surface area contributed by atoms with Crippen LogP contribution in [-0.2, 0) is 33.6 Å². The van der Waals surface area contributed by atoms with Crippen molar-refractivity contribution >= 4 is 5.78 Å². The highest BCUT2D eigenvalue weighted by atomic mass is 17.2. The van der Waals surface area contributed by atoms with Crippen LogP contribution in [0.25, 0.3) is 0 Å². The molecule has 0 heterocycles.